The van der Waals surface area contributed by atoms with Crippen LogP contribution in [0.15, 0.2) is 88.3 Å². The Morgan fingerprint density at radius 1 is 1.32 bits per heavy atom. The molecule has 1 aromatic carbocycles. The second-order valence-electron chi connectivity index (χ2n) is 6.63. The minimum Gasteiger partial charge on any atom is -0.477 e. The summed E-state index contributed by atoms with van der Waals surface area (Å²) in [6, 6.07) is 8.98. The quantitative estimate of drug-likeness (QED) is 0.171. The van der Waals surface area contributed by atoms with E-state index in [0.29, 0.717) is 25.3 Å². The van der Waals surface area contributed by atoms with Crippen LogP contribution in [0.1, 0.15) is 5.56 Å². The number of rotatable bonds is 14. The molecule has 0 aliphatic carbocycles. The number of benzene rings is 1. The Kier molecular flexibility index (Phi) is 11.4. The van der Waals surface area contributed by atoms with Crippen molar-refractivity contribution in [2.24, 2.45) is 15.0 Å². The van der Waals surface area contributed by atoms with Gasteiger partial charge in [0.25, 0.3) is 0 Å². The van der Waals surface area contributed by atoms with E-state index in [1.165, 1.54) is 24.7 Å². The summed E-state index contributed by atoms with van der Waals surface area (Å²) < 4.78 is 7.16. The van der Waals surface area contributed by atoms with Gasteiger partial charge in [0.1, 0.15) is 11.4 Å². The zero-order valence-corrected chi connectivity index (χ0v) is 19.1. The number of allylic oxidation sites excluding steroid dienone is 1. The third-order valence-corrected chi connectivity index (χ3v) is 4.31. The van der Waals surface area contributed by atoms with Crippen molar-refractivity contribution in [3.8, 4) is 5.69 Å². The minimum absolute atomic E-state index is 0.0988. The van der Waals surface area contributed by atoms with Crippen LogP contribution in [0.3, 0.4) is 0 Å². The number of aromatic nitrogens is 2. The molecule has 1 aromatic heterocycles. The van der Waals surface area contributed by atoms with Crippen LogP contribution in [-0.2, 0) is 9.53 Å². The average molecular weight is 464 g/mol. The Balaban J connectivity index is 2.45. The van der Waals surface area contributed by atoms with Crippen LogP contribution in [0.4, 0.5) is 0 Å². The molecule has 0 unspecified atom stereocenters. The smallest absolute Gasteiger partial charge is 0.341 e. The maximum absolute atomic E-state index is 12.3. The van der Waals surface area contributed by atoms with E-state index in [1.807, 2.05) is 13.1 Å². The van der Waals surface area contributed by atoms with Crippen molar-refractivity contribution in [1.29, 1.82) is 0 Å². The summed E-state index contributed by atoms with van der Waals surface area (Å²) in [5.74, 6) is -1.11. The third kappa shape index (κ3) is 8.08. The van der Waals surface area contributed by atoms with Gasteiger partial charge in [-0.3, -0.25) is 15.0 Å². The molecule has 0 amide bonds. The molecule has 2 rings (SSSR count). The van der Waals surface area contributed by atoms with Crippen molar-refractivity contribution >= 4 is 30.4 Å². The van der Waals surface area contributed by atoms with Gasteiger partial charge in [-0.1, -0.05) is 24.8 Å². The molecular formula is C24H29N7O3. The highest BCUT2D eigenvalue weighted by Gasteiger charge is 2.21. The average Bonchev–Trinajstić information content (AvgIpc) is 3.38. The van der Waals surface area contributed by atoms with Crippen LogP contribution in [0.5, 0.6) is 0 Å². The maximum Gasteiger partial charge on any atom is 0.341 e. The normalized spacial score (nSPS) is 12.7. The fraction of sp³-hybridized carbons (Fsp3) is 0.208. The lowest BCUT2D eigenvalue weighted by molar-refractivity contribution is -0.132. The molecule has 178 valence electrons. The first-order valence-corrected chi connectivity index (χ1v) is 10.5. The van der Waals surface area contributed by atoms with Crippen LogP contribution in [-0.4, -0.2) is 73.0 Å². The van der Waals surface area contributed by atoms with E-state index in [0.717, 1.165) is 5.69 Å². The molecule has 0 aliphatic rings. The summed E-state index contributed by atoms with van der Waals surface area (Å²) in [5, 5.41) is 20.2. The van der Waals surface area contributed by atoms with E-state index >= 15 is 0 Å². The number of ether oxygens (including phenoxy) is 1. The summed E-state index contributed by atoms with van der Waals surface area (Å²) in [6.07, 6.45) is 9.40. The molecule has 2 aromatic rings. The topological polar surface area (TPSA) is 125 Å². The van der Waals surface area contributed by atoms with Gasteiger partial charge in [-0.2, -0.15) is 5.10 Å². The highest BCUT2D eigenvalue weighted by Crippen LogP contribution is 2.23. The van der Waals surface area contributed by atoms with Crippen molar-refractivity contribution in [3.05, 3.63) is 78.9 Å². The molecule has 0 atom stereocenters. The van der Waals surface area contributed by atoms with Crippen LogP contribution in [0.25, 0.3) is 11.4 Å². The van der Waals surface area contributed by atoms with Gasteiger partial charge >= 0.3 is 5.97 Å². The van der Waals surface area contributed by atoms with Crippen LogP contribution >= 0.6 is 0 Å². The Morgan fingerprint density at radius 2 is 2.18 bits per heavy atom. The molecule has 10 nitrogen and oxygen atoms in total. The lowest BCUT2D eigenvalue weighted by atomic mass is 10.0. The van der Waals surface area contributed by atoms with Gasteiger partial charge in [0.05, 0.1) is 31.1 Å². The number of carboxylic acid groups (broad SMARTS) is 1. The highest BCUT2D eigenvalue weighted by molar-refractivity contribution is 6.23. The van der Waals surface area contributed by atoms with Gasteiger partial charge in [-0.05, 0) is 32.0 Å². The molecule has 0 saturated heterocycles. The Morgan fingerprint density at radius 3 is 2.85 bits per heavy atom. The molecule has 3 N–H and O–H groups in total. The van der Waals surface area contributed by atoms with Crippen LogP contribution in [0, 0.1) is 0 Å². The zero-order chi connectivity index (χ0) is 24.6. The molecule has 0 bridgehead atoms. The van der Waals surface area contributed by atoms with Crippen molar-refractivity contribution < 1.29 is 14.6 Å². The van der Waals surface area contributed by atoms with E-state index in [-0.39, 0.29) is 23.7 Å². The second kappa shape index (κ2) is 14.8. The standard InChI is InChI=1S/C24H29N7O3/c1-4-9-27-11-12-28-23(29-14-17-34-16-13-25-2)21(24(32)33)22(26-3)19-7-5-8-20(18-19)31-15-6-10-30-31/h4-12,15,18,25H,1,3,13-14,16-17H2,2H3,(H,28,29)(H,32,33)/b12-11-,22-21+,27-9-. The Labute approximate surface area is 198 Å². The van der Waals surface area contributed by atoms with Crippen molar-refractivity contribution in [2.75, 3.05) is 33.4 Å². The second-order valence-corrected chi connectivity index (χ2v) is 6.63. The number of hydrogen-bond donors (Lipinski definition) is 3. The molecule has 0 radical (unpaired) electrons. The number of likely N-dealkylation sites (N-methyl/N-ethyl adjacent to an activating group) is 1. The fourth-order valence-electron chi connectivity index (χ4n) is 2.81. The SMILES string of the molecule is C=C/C=N\C=C/NC(=N/CCOCCNC)/C(C(=O)O)=C(\N=C)c1cccc(-n2cccn2)c1. The van der Waals surface area contributed by atoms with Gasteiger partial charge < -0.3 is 20.5 Å². The molecule has 34 heavy (non-hydrogen) atoms. The summed E-state index contributed by atoms with van der Waals surface area (Å²) in [5.41, 5.74) is 1.32. The first-order valence-electron chi connectivity index (χ1n) is 10.5. The molecule has 0 aliphatic heterocycles. The Hall–Kier alpha value is -4.15. The summed E-state index contributed by atoms with van der Waals surface area (Å²) in [7, 11) is 1.83. The van der Waals surface area contributed by atoms with E-state index in [2.05, 4.69) is 44.0 Å². The lowest BCUT2D eigenvalue weighted by Gasteiger charge is -2.13. The first kappa shape index (κ1) is 26.1. The Bertz CT molecular complexity index is 1070. The van der Waals surface area contributed by atoms with Crippen LogP contribution < -0.4 is 10.6 Å². The number of carbonyl (C=O) groups is 1. The molecule has 0 spiro atoms. The predicted octanol–water partition coefficient (Wildman–Crippen LogP) is 2.32. The predicted molar refractivity (Wildman–Crippen MR) is 136 cm³/mol. The van der Waals surface area contributed by atoms with E-state index in [4.69, 9.17) is 4.74 Å². The van der Waals surface area contributed by atoms with Crippen molar-refractivity contribution in [3.63, 3.8) is 0 Å². The number of aliphatic carboxylic acids is 1. The summed E-state index contributed by atoms with van der Waals surface area (Å²) >= 11 is 0. The van der Waals surface area contributed by atoms with Gasteiger partial charge in [-0.25, -0.2) is 9.48 Å². The number of amidine groups is 1. The third-order valence-electron chi connectivity index (χ3n) is 4.31. The molecule has 1 heterocycles. The number of nitrogens with one attached hydrogen (secondary N) is 2. The van der Waals surface area contributed by atoms with E-state index < -0.39 is 5.97 Å². The van der Waals surface area contributed by atoms with Gasteiger partial charge in [-0.15, -0.1) is 0 Å². The first-order chi connectivity index (χ1) is 16.6. The largest absolute Gasteiger partial charge is 0.477 e. The maximum atomic E-state index is 12.3. The molecular weight excluding hydrogens is 434 g/mol. The molecule has 0 saturated carbocycles. The summed E-state index contributed by atoms with van der Waals surface area (Å²) in [6.45, 7) is 8.95. The number of aliphatic imine (C=N–C) groups is 3. The molecule has 10 heteroatoms. The summed E-state index contributed by atoms with van der Waals surface area (Å²) in [4.78, 5) is 24.8. The zero-order valence-electron chi connectivity index (χ0n) is 19.1. The van der Waals surface area contributed by atoms with Crippen LogP contribution in [0.2, 0.25) is 0 Å². The number of carboxylic acids is 1. The monoisotopic (exact) mass is 463 g/mol. The fourth-order valence-corrected chi connectivity index (χ4v) is 2.81. The van der Waals surface area contributed by atoms with Gasteiger partial charge in [0, 0.05) is 43.1 Å². The van der Waals surface area contributed by atoms with Crippen molar-refractivity contribution in [1.82, 2.24) is 20.4 Å². The van der Waals surface area contributed by atoms with Crippen molar-refractivity contribution in [2.45, 2.75) is 0 Å². The molecule has 0 fully saturated rings. The van der Waals surface area contributed by atoms with E-state index in [1.54, 1.807) is 41.3 Å². The van der Waals surface area contributed by atoms with Gasteiger partial charge in [0.2, 0.25) is 0 Å². The lowest BCUT2D eigenvalue weighted by Crippen LogP contribution is -2.27. The number of nitrogens with zero attached hydrogens (tertiary/aromatic N) is 5. The van der Waals surface area contributed by atoms with E-state index in [9.17, 15) is 9.90 Å². The minimum atomic E-state index is -1.21. The van der Waals surface area contributed by atoms with Gasteiger partial charge in [0.15, 0.2) is 0 Å². The highest BCUT2D eigenvalue weighted by atomic mass is 16.5. The number of hydrogen-bond acceptors (Lipinski definition) is 7.